The zero-order valence-electron chi connectivity index (χ0n) is 17.9. The van der Waals surface area contributed by atoms with Crippen molar-refractivity contribution in [1.29, 1.82) is 0 Å². The Kier molecular flexibility index (Phi) is 11.9. The van der Waals surface area contributed by atoms with Crippen LogP contribution in [-0.4, -0.2) is 75.5 Å². The third-order valence-electron chi connectivity index (χ3n) is 4.49. The maximum Gasteiger partial charge on any atom is 0.191 e. The number of guanidine groups is 1. The van der Waals surface area contributed by atoms with E-state index >= 15 is 0 Å². The lowest BCUT2D eigenvalue weighted by Crippen LogP contribution is -2.46. The molecular weight excluding hydrogens is 328 g/mol. The lowest BCUT2D eigenvalue weighted by Gasteiger charge is -2.33. The van der Waals surface area contributed by atoms with Crippen molar-refractivity contribution >= 4 is 5.96 Å². The Morgan fingerprint density at radius 1 is 1.23 bits per heavy atom. The maximum atomic E-state index is 5.90. The van der Waals surface area contributed by atoms with Gasteiger partial charge in [-0.25, -0.2) is 0 Å². The molecule has 0 aromatic carbocycles. The molecule has 1 aliphatic heterocycles. The van der Waals surface area contributed by atoms with E-state index in [1.807, 2.05) is 0 Å². The lowest BCUT2D eigenvalue weighted by molar-refractivity contribution is -0.0262. The number of nitrogens with one attached hydrogen (secondary N) is 2. The van der Waals surface area contributed by atoms with Gasteiger partial charge in [0.1, 0.15) is 0 Å². The van der Waals surface area contributed by atoms with E-state index in [1.54, 1.807) is 0 Å². The summed E-state index contributed by atoms with van der Waals surface area (Å²) in [6, 6.07) is 0. The number of aliphatic imine (C=N–C) groups is 1. The number of hydrogen-bond acceptors (Lipinski definition) is 4. The Morgan fingerprint density at radius 3 is 2.62 bits per heavy atom. The van der Waals surface area contributed by atoms with Crippen LogP contribution in [0.1, 0.15) is 48.0 Å². The van der Waals surface area contributed by atoms with Gasteiger partial charge in [0.15, 0.2) is 5.96 Å². The molecule has 0 bridgehead atoms. The molecule has 6 nitrogen and oxygen atoms in total. The van der Waals surface area contributed by atoms with Gasteiger partial charge in [0.05, 0.1) is 25.4 Å². The molecule has 1 saturated heterocycles. The smallest absolute Gasteiger partial charge is 0.191 e. The van der Waals surface area contributed by atoms with Crippen LogP contribution in [0.4, 0.5) is 0 Å². The highest BCUT2D eigenvalue weighted by atomic mass is 16.5. The third-order valence-corrected chi connectivity index (χ3v) is 4.49. The van der Waals surface area contributed by atoms with Gasteiger partial charge in [-0.3, -0.25) is 9.89 Å². The largest absolute Gasteiger partial charge is 0.378 e. The molecule has 154 valence electrons. The molecule has 2 unspecified atom stereocenters. The summed E-state index contributed by atoms with van der Waals surface area (Å²) in [4.78, 5) is 7.23. The Hall–Kier alpha value is -0.850. The van der Waals surface area contributed by atoms with E-state index in [0.717, 1.165) is 58.3 Å². The van der Waals surface area contributed by atoms with Crippen molar-refractivity contribution in [3.05, 3.63) is 0 Å². The summed E-state index contributed by atoms with van der Waals surface area (Å²) in [5, 5.41) is 6.77. The molecule has 1 fully saturated rings. The molecule has 1 aliphatic rings. The van der Waals surface area contributed by atoms with E-state index in [-0.39, 0.29) is 6.10 Å². The standard InChI is InChI=1S/C20H42N4O2/c1-7-21-20(22-10-9-19(17(5)6)25-8-2)23-13-18-15-24(11-12-26-18)14-16(3)4/h16-19H,7-15H2,1-6H3,(H2,21,22,23). The Labute approximate surface area is 161 Å². The van der Waals surface area contributed by atoms with Crippen LogP contribution in [0.15, 0.2) is 4.99 Å². The van der Waals surface area contributed by atoms with E-state index in [0.29, 0.717) is 24.5 Å². The molecule has 0 aromatic rings. The van der Waals surface area contributed by atoms with Gasteiger partial charge in [0, 0.05) is 39.3 Å². The molecule has 0 aliphatic carbocycles. The molecular formula is C20H42N4O2. The van der Waals surface area contributed by atoms with Crippen LogP contribution in [0.2, 0.25) is 0 Å². The van der Waals surface area contributed by atoms with Crippen LogP contribution in [0.25, 0.3) is 0 Å². The summed E-state index contributed by atoms with van der Waals surface area (Å²) in [7, 11) is 0. The molecule has 1 heterocycles. The highest BCUT2D eigenvalue weighted by Gasteiger charge is 2.20. The maximum absolute atomic E-state index is 5.90. The fraction of sp³-hybridized carbons (Fsp3) is 0.950. The first-order valence-electron chi connectivity index (χ1n) is 10.4. The fourth-order valence-electron chi connectivity index (χ4n) is 3.26. The van der Waals surface area contributed by atoms with E-state index in [4.69, 9.17) is 14.5 Å². The second kappa shape index (κ2) is 13.3. The summed E-state index contributed by atoms with van der Waals surface area (Å²) in [6.07, 6.45) is 1.46. The van der Waals surface area contributed by atoms with Crippen LogP contribution in [0, 0.1) is 11.8 Å². The molecule has 2 N–H and O–H groups in total. The molecule has 0 spiro atoms. The minimum absolute atomic E-state index is 0.185. The first kappa shape index (κ1) is 23.2. The molecule has 2 atom stereocenters. The van der Waals surface area contributed by atoms with Crippen LogP contribution in [-0.2, 0) is 9.47 Å². The molecule has 6 heteroatoms. The molecule has 0 aromatic heterocycles. The first-order valence-corrected chi connectivity index (χ1v) is 10.4. The van der Waals surface area contributed by atoms with E-state index in [2.05, 4.69) is 57.1 Å². The van der Waals surface area contributed by atoms with E-state index in [1.165, 1.54) is 0 Å². The minimum Gasteiger partial charge on any atom is -0.378 e. The molecule has 0 radical (unpaired) electrons. The number of ether oxygens (including phenoxy) is 2. The monoisotopic (exact) mass is 370 g/mol. The second-order valence-corrected chi connectivity index (χ2v) is 7.82. The quantitative estimate of drug-likeness (QED) is 0.432. The zero-order chi connectivity index (χ0) is 19.4. The lowest BCUT2D eigenvalue weighted by atomic mass is 10.0. The topological polar surface area (TPSA) is 58.1 Å². The van der Waals surface area contributed by atoms with Gasteiger partial charge in [-0.05, 0) is 32.1 Å². The zero-order valence-corrected chi connectivity index (χ0v) is 17.9. The summed E-state index contributed by atoms with van der Waals surface area (Å²) in [5.74, 6) is 2.09. The average molecular weight is 371 g/mol. The third kappa shape index (κ3) is 9.74. The van der Waals surface area contributed by atoms with Gasteiger partial charge >= 0.3 is 0 Å². The van der Waals surface area contributed by atoms with Gasteiger partial charge in [-0.15, -0.1) is 0 Å². The fourth-order valence-corrected chi connectivity index (χ4v) is 3.26. The molecule has 0 amide bonds. The normalized spacial score (nSPS) is 20.6. The second-order valence-electron chi connectivity index (χ2n) is 7.82. The number of rotatable bonds is 11. The number of hydrogen-bond donors (Lipinski definition) is 2. The van der Waals surface area contributed by atoms with Crippen molar-refractivity contribution in [3.8, 4) is 0 Å². The minimum atomic E-state index is 0.185. The van der Waals surface area contributed by atoms with Crippen molar-refractivity contribution in [2.24, 2.45) is 16.8 Å². The predicted molar refractivity (Wildman–Crippen MR) is 110 cm³/mol. The van der Waals surface area contributed by atoms with Gasteiger partial charge in [0.25, 0.3) is 0 Å². The summed E-state index contributed by atoms with van der Waals surface area (Å²) in [5.41, 5.74) is 0. The van der Waals surface area contributed by atoms with E-state index in [9.17, 15) is 0 Å². The average Bonchev–Trinajstić information content (AvgIpc) is 2.58. The van der Waals surface area contributed by atoms with Crippen molar-refractivity contribution < 1.29 is 9.47 Å². The van der Waals surface area contributed by atoms with Crippen molar-refractivity contribution in [2.45, 2.75) is 60.2 Å². The SMILES string of the molecule is CCNC(=NCC1CN(CC(C)C)CCO1)NCCC(OCC)C(C)C. The molecule has 1 rings (SSSR count). The first-order chi connectivity index (χ1) is 12.5. The van der Waals surface area contributed by atoms with Gasteiger partial charge in [-0.2, -0.15) is 0 Å². The molecule has 0 saturated carbocycles. The van der Waals surface area contributed by atoms with E-state index < -0.39 is 0 Å². The summed E-state index contributed by atoms with van der Waals surface area (Å²) >= 11 is 0. The van der Waals surface area contributed by atoms with Crippen LogP contribution < -0.4 is 10.6 Å². The number of morpholine rings is 1. The Balaban J connectivity index is 2.44. The van der Waals surface area contributed by atoms with Crippen molar-refractivity contribution in [2.75, 3.05) is 52.5 Å². The Morgan fingerprint density at radius 2 is 2.00 bits per heavy atom. The highest BCUT2D eigenvalue weighted by Crippen LogP contribution is 2.10. The summed E-state index contributed by atoms with van der Waals surface area (Å²) < 4.78 is 11.7. The predicted octanol–water partition coefficient (Wildman–Crippen LogP) is 2.35. The highest BCUT2D eigenvalue weighted by molar-refractivity contribution is 5.79. The van der Waals surface area contributed by atoms with Crippen molar-refractivity contribution in [1.82, 2.24) is 15.5 Å². The van der Waals surface area contributed by atoms with Crippen molar-refractivity contribution in [3.63, 3.8) is 0 Å². The summed E-state index contributed by atoms with van der Waals surface area (Å²) in [6.45, 7) is 20.2. The number of nitrogens with zero attached hydrogens (tertiary/aromatic N) is 2. The van der Waals surface area contributed by atoms with Crippen LogP contribution in [0.5, 0.6) is 0 Å². The Bertz CT molecular complexity index is 388. The molecule has 26 heavy (non-hydrogen) atoms. The van der Waals surface area contributed by atoms with Crippen LogP contribution >= 0.6 is 0 Å². The van der Waals surface area contributed by atoms with Gasteiger partial charge < -0.3 is 20.1 Å². The van der Waals surface area contributed by atoms with Gasteiger partial charge in [-0.1, -0.05) is 27.7 Å². The van der Waals surface area contributed by atoms with Gasteiger partial charge in [0.2, 0.25) is 0 Å². The van der Waals surface area contributed by atoms with Crippen LogP contribution in [0.3, 0.4) is 0 Å².